The average Bonchev–Trinajstić information content (AvgIpc) is 2.02. The zero-order chi connectivity index (χ0) is 9.84. The zero-order valence-corrected chi connectivity index (χ0v) is 8.18. The van der Waals surface area contributed by atoms with Crippen molar-refractivity contribution in [3.05, 3.63) is 34.6 Å². The molecule has 0 amide bonds. The van der Waals surface area contributed by atoms with E-state index in [2.05, 4.69) is 0 Å². The Morgan fingerprint density at radius 2 is 2.23 bits per heavy atom. The van der Waals surface area contributed by atoms with Gasteiger partial charge in [0.15, 0.2) is 0 Å². The van der Waals surface area contributed by atoms with E-state index in [0.29, 0.717) is 23.4 Å². The van der Waals surface area contributed by atoms with Gasteiger partial charge in [-0.15, -0.1) is 0 Å². The van der Waals surface area contributed by atoms with Crippen molar-refractivity contribution in [3.8, 4) is 0 Å². The normalized spacial score (nSPS) is 12.9. The SMILES string of the molecule is CC(O)CCc1ccc(Cl)cc1F. The summed E-state index contributed by atoms with van der Waals surface area (Å²) in [5.41, 5.74) is 0.602. The minimum absolute atomic E-state index is 0.298. The van der Waals surface area contributed by atoms with Crippen LogP contribution in [0.1, 0.15) is 18.9 Å². The summed E-state index contributed by atoms with van der Waals surface area (Å²) in [7, 11) is 0. The van der Waals surface area contributed by atoms with E-state index in [1.807, 2.05) is 0 Å². The standard InChI is InChI=1S/C10H12ClFO/c1-7(13)2-3-8-4-5-9(11)6-10(8)12/h4-7,13H,2-3H2,1H3. The minimum Gasteiger partial charge on any atom is -0.393 e. The van der Waals surface area contributed by atoms with E-state index in [0.717, 1.165) is 0 Å². The second-order valence-corrected chi connectivity index (χ2v) is 3.56. The number of aliphatic hydroxyl groups is 1. The van der Waals surface area contributed by atoms with Crippen LogP contribution < -0.4 is 0 Å². The second kappa shape index (κ2) is 4.58. The highest BCUT2D eigenvalue weighted by Crippen LogP contribution is 2.16. The third-order valence-electron chi connectivity index (χ3n) is 1.85. The van der Waals surface area contributed by atoms with Crippen molar-refractivity contribution in [3.63, 3.8) is 0 Å². The first kappa shape index (κ1) is 10.5. The third-order valence-corrected chi connectivity index (χ3v) is 2.08. The third kappa shape index (κ3) is 3.33. The Bertz CT molecular complexity index is 286. The lowest BCUT2D eigenvalue weighted by Gasteiger charge is -2.05. The van der Waals surface area contributed by atoms with Gasteiger partial charge in [-0.25, -0.2) is 4.39 Å². The predicted octanol–water partition coefficient (Wildman–Crippen LogP) is 2.79. The molecule has 1 rings (SSSR count). The second-order valence-electron chi connectivity index (χ2n) is 3.12. The summed E-state index contributed by atoms with van der Waals surface area (Å²) >= 11 is 5.59. The molecule has 3 heteroatoms. The Hall–Kier alpha value is -0.600. The number of benzene rings is 1. The molecule has 0 saturated heterocycles. The Balaban J connectivity index is 2.67. The van der Waals surface area contributed by atoms with Crippen molar-refractivity contribution in [2.24, 2.45) is 0 Å². The van der Waals surface area contributed by atoms with Crippen molar-refractivity contribution in [1.82, 2.24) is 0 Å². The number of rotatable bonds is 3. The van der Waals surface area contributed by atoms with Crippen LogP contribution in [-0.4, -0.2) is 11.2 Å². The fraction of sp³-hybridized carbons (Fsp3) is 0.400. The summed E-state index contributed by atoms with van der Waals surface area (Å²) in [5.74, 6) is -0.298. The first-order valence-electron chi connectivity index (χ1n) is 4.21. The van der Waals surface area contributed by atoms with Crippen molar-refractivity contribution < 1.29 is 9.50 Å². The Kier molecular flexibility index (Phi) is 3.70. The summed E-state index contributed by atoms with van der Waals surface area (Å²) in [4.78, 5) is 0. The number of hydrogen-bond donors (Lipinski definition) is 1. The number of aliphatic hydroxyl groups excluding tert-OH is 1. The van der Waals surface area contributed by atoms with Gasteiger partial charge in [0.2, 0.25) is 0 Å². The van der Waals surface area contributed by atoms with Gasteiger partial charge < -0.3 is 5.11 Å². The van der Waals surface area contributed by atoms with Crippen LogP contribution in [-0.2, 0) is 6.42 Å². The zero-order valence-electron chi connectivity index (χ0n) is 7.43. The predicted molar refractivity (Wildman–Crippen MR) is 51.4 cm³/mol. The monoisotopic (exact) mass is 202 g/mol. The van der Waals surface area contributed by atoms with Crippen molar-refractivity contribution in [2.45, 2.75) is 25.9 Å². The van der Waals surface area contributed by atoms with Gasteiger partial charge in [0.1, 0.15) is 5.82 Å². The molecule has 0 fully saturated rings. The molecule has 72 valence electrons. The maximum atomic E-state index is 13.1. The van der Waals surface area contributed by atoms with Crippen LogP contribution in [0, 0.1) is 5.82 Å². The van der Waals surface area contributed by atoms with Crippen molar-refractivity contribution >= 4 is 11.6 Å². The molecule has 0 spiro atoms. The first-order valence-corrected chi connectivity index (χ1v) is 4.59. The molecule has 1 aromatic rings. The van der Waals surface area contributed by atoms with Crippen LogP contribution in [0.15, 0.2) is 18.2 Å². The maximum absolute atomic E-state index is 13.1. The number of halogens is 2. The van der Waals surface area contributed by atoms with Crippen molar-refractivity contribution in [2.75, 3.05) is 0 Å². The van der Waals surface area contributed by atoms with Crippen molar-refractivity contribution in [1.29, 1.82) is 0 Å². The van der Waals surface area contributed by atoms with Crippen LogP contribution in [0.5, 0.6) is 0 Å². The van der Waals surface area contributed by atoms with E-state index in [9.17, 15) is 4.39 Å². The fourth-order valence-electron chi connectivity index (χ4n) is 1.09. The van der Waals surface area contributed by atoms with E-state index >= 15 is 0 Å². The minimum atomic E-state index is -0.393. The van der Waals surface area contributed by atoms with Gasteiger partial charge in [0.05, 0.1) is 6.10 Å². The van der Waals surface area contributed by atoms with Gasteiger partial charge >= 0.3 is 0 Å². The molecule has 0 aliphatic rings. The van der Waals surface area contributed by atoms with Gasteiger partial charge in [0, 0.05) is 5.02 Å². The van der Waals surface area contributed by atoms with Crippen LogP contribution in [0.3, 0.4) is 0 Å². The molecule has 1 aromatic carbocycles. The summed E-state index contributed by atoms with van der Waals surface area (Å²) in [6.45, 7) is 1.69. The molecule has 1 N–H and O–H groups in total. The van der Waals surface area contributed by atoms with E-state index in [-0.39, 0.29) is 5.82 Å². The average molecular weight is 203 g/mol. The Labute approximate surface area is 82.2 Å². The summed E-state index contributed by atoms with van der Waals surface area (Å²) in [6, 6.07) is 4.60. The maximum Gasteiger partial charge on any atom is 0.127 e. The molecule has 13 heavy (non-hydrogen) atoms. The lowest BCUT2D eigenvalue weighted by atomic mass is 10.1. The molecule has 0 aromatic heterocycles. The molecule has 0 aliphatic heterocycles. The quantitative estimate of drug-likeness (QED) is 0.799. The highest BCUT2D eigenvalue weighted by molar-refractivity contribution is 6.30. The largest absolute Gasteiger partial charge is 0.393 e. The number of aryl methyl sites for hydroxylation is 1. The highest BCUT2D eigenvalue weighted by Gasteiger charge is 2.04. The lowest BCUT2D eigenvalue weighted by Crippen LogP contribution is -2.02. The smallest absolute Gasteiger partial charge is 0.127 e. The molecule has 0 saturated carbocycles. The number of hydrogen-bond acceptors (Lipinski definition) is 1. The van der Waals surface area contributed by atoms with E-state index in [1.54, 1.807) is 19.1 Å². The Morgan fingerprint density at radius 3 is 2.77 bits per heavy atom. The van der Waals surface area contributed by atoms with E-state index in [4.69, 9.17) is 16.7 Å². The van der Waals surface area contributed by atoms with Gasteiger partial charge in [-0.3, -0.25) is 0 Å². The van der Waals surface area contributed by atoms with Crippen LogP contribution in [0.25, 0.3) is 0 Å². The molecule has 0 bridgehead atoms. The summed E-state index contributed by atoms with van der Waals surface area (Å²) in [5, 5.41) is 9.41. The van der Waals surface area contributed by atoms with Gasteiger partial charge in [0.25, 0.3) is 0 Å². The molecule has 0 aliphatic carbocycles. The molecule has 1 nitrogen and oxygen atoms in total. The van der Waals surface area contributed by atoms with Crippen LogP contribution in [0.4, 0.5) is 4.39 Å². The molecule has 0 radical (unpaired) electrons. The molecular formula is C10H12ClFO. The molecule has 1 atom stereocenters. The van der Waals surface area contributed by atoms with E-state index in [1.165, 1.54) is 6.07 Å². The Morgan fingerprint density at radius 1 is 1.54 bits per heavy atom. The topological polar surface area (TPSA) is 20.2 Å². The summed E-state index contributed by atoms with van der Waals surface area (Å²) in [6.07, 6.45) is 0.717. The molecule has 1 unspecified atom stereocenters. The van der Waals surface area contributed by atoms with E-state index < -0.39 is 6.10 Å². The fourth-order valence-corrected chi connectivity index (χ4v) is 1.25. The molecule has 0 heterocycles. The van der Waals surface area contributed by atoms with Gasteiger partial charge in [-0.05, 0) is 37.5 Å². The lowest BCUT2D eigenvalue weighted by molar-refractivity contribution is 0.184. The molecular weight excluding hydrogens is 191 g/mol. The first-order chi connectivity index (χ1) is 6.09. The summed E-state index contributed by atoms with van der Waals surface area (Å²) < 4.78 is 13.1. The van der Waals surface area contributed by atoms with Gasteiger partial charge in [-0.2, -0.15) is 0 Å². The van der Waals surface area contributed by atoms with Crippen LogP contribution >= 0.6 is 11.6 Å². The highest BCUT2D eigenvalue weighted by atomic mass is 35.5. The van der Waals surface area contributed by atoms with Crippen LogP contribution in [0.2, 0.25) is 5.02 Å². The van der Waals surface area contributed by atoms with Gasteiger partial charge in [-0.1, -0.05) is 17.7 Å².